The van der Waals surface area contributed by atoms with E-state index in [-0.39, 0.29) is 90.2 Å². The molecule has 0 aliphatic heterocycles. The first-order chi connectivity index (χ1) is 9.39. The van der Waals surface area contributed by atoms with Gasteiger partial charge in [-0.3, -0.25) is 0 Å². The van der Waals surface area contributed by atoms with Gasteiger partial charge in [0.2, 0.25) is 0 Å². The second kappa shape index (κ2) is 38.3. The minimum atomic E-state index is -0.667. The zero-order valence-corrected chi connectivity index (χ0v) is 19.2. The Morgan fingerprint density at radius 2 is 1.35 bits per heavy atom. The number of aliphatic hydroxyl groups is 3. The van der Waals surface area contributed by atoms with Gasteiger partial charge in [-0.15, -0.1) is 0 Å². The Balaban J connectivity index is -0.0000000320. The Bertz CT molecular complexity index is 192. The fraction of sp³-hybridized carbons (Fsp3) is 0.714. The molecular weight excluding hydrogens is 326 g/mol. The van der Waals surface area contributed by atoms with E-state index < -0.39 is 5.41 Å². The van der Waals surface area contributed by atoms with Crippen LogP contribution in [0, 0.1) is 12.3 Å². The average molecular weight is 356 g/mol. The van der Waals surface area contributed by atoms with E-state index in [2.05, 4.69) is 6.92 Å². The predicted molar refractivity (Wildman–Crippen MR) is 80.0 cm³/mol. The van der Waals surface area contributed by atoms with Gasteiger partial charge in [-0.25, -0.2) is 0 Å². The van der Waals surface area contributed by atoms with Crippen molar-refractivity contribution in [2.24, 2.45) is 5.41 Å². The molecule has 0 aliphatic rings. The van der Waals surface area contributed by atoms with E-state index in [1.807, 2.05) is 20.6 Å². The van der Waals surface area contributed by atoms with Gasteiger partial charge in [-0.1, -0.05) is 13.8 Å². The number of aldehydes is 1. The van der Waals surface area contributed by atoms with Crippen LogP contribution in [-0.4, -0.2) is 59.5 Å². The maximum absolute atomic E-state index is 9.40. The van der Waals surface area contributed by atoms with Crippen LogP contribution in [-0.2, 0) is 14.4 Å². The summed E-state index contributed by atoms with van der Waals surface area (Å²) in [4.78, 5) is 26.7. The van der Waals surface area contributed by atoms with Crippen LogP contribution in [0.4, 0.5) is 0 Å². The van der Waals surface area contributed by atoms with Crippen molar-refractivity contribution in [1.82, 2.24) is 0 Å². The molecule has 0 bridgehead atoms. The van der Waals surface area contributed by atoms with E-state index in [1.54, 1.807) is 0 Å². The minimum Gasteiger partial charge on any atom is -0.870 e. The first-order valence-corrected chi connectivity index (χ1v) is 6.27. The average Bonchev–Trinajstić information content (AvgIpc) is 2.45. The zero-order chi connectivity index (χ0) is 17.0. The molecular formula is C14H30Na2O7. The molecule has 0 saturated carbocycles. The molecule has 0 atom stereocenters. The van der Waals surface area contributed by atoms with Crippen molar-refractivity contribution in [3.05, 3.63) is 6.92 Å². The van der Waals surface area contributed by atoms with Crippen LogP contribution in [0.15, 0.2) is 0 Å². The molecule has 0 heterocycles. The number of rotatable bonds is 6. The number of hydrogen-bond acceptors (Lipinski definition) is 7. The molecule has 0 radical (unpaired) electrons. The van der Waals surface area contributed by atoms with Gasteiger partial charge in [0.1, 0.15) is 13.1 Å². The third-order valence-electron chi connectivity index (χ3n) is 2.16. The van der Waals surface area contributed by atoms with Crippen LogP contribution in [0.25, 0.3) is 0 Å². The van der Waals surface area contributed by atoms with E-state index in [9.17, 15) is 9.59 Å². The van der Waals surface area contributed by atoms with Gasteiger partial charge < -0.3 is 42.1 Å². The van der Waals surface area contributed by atoms with Crippen molar-refractivity contribution in [2.45, 2.75) is 40.0 Å². The quantitative estimate of drug-likeness (QED) is 0.245. The van der Waals surface area contributed by atoms with Crippen LogP contribution in [0.3, 0.4) is 0 Å². The van der Waals surface area contributed by atoms with E-state index in [4.69, 9.17) is 20.1 Å². The number of Topliss-reactive ketones (excluding diaryl/α,β-unsaturated/α-hetero) is 1. The van der Waals surface area contributed by atoms with Gasteiger partial charge in [0.15, 0.2) is 0 Å². The van der Waals surface area contributed by atoms with Crippen LogP contribution in [0.5, 0.6) is 0 Å². The number of hydrogen-bond donors (Lipinski definition) is 3. The molecule has 0 aromatic carbocycles. The van der Waals surface area contributed by atoms with Crippen molar-refractivity contribution in [3.8, 4) is 0 Å². The molecule has 0 saturated heterocycles. The molecule has 0 aliphatic carbocycles. The van der Waals surface area contributed by atoms with Gasteiger partial charge in [-0.2, -0.15) is 0 Å². The largest absolute Gasteiger partial charge is 1.00 e. The van der Waals surface area contributed by atoms with Gasteiger partial charge >= 0.3 is 59.1 Å². The molecule has 4 N–H and O–H groups in total. The summed E-state index contributed by atoms with van der Waals surface area (Å²) in [6, 6.07) is 0. The van der Waals surface area contributed by atoms with Crippen LogP contribution in [0.1, 0.15) is 40.0 Å². The number of aliphatic hydroxyl groups excluding tert-OH is 3. The number of carbonyl (C=O) groups is 3. The van der Waals surface area contributed by atoms with Gasteiger partial charge in [0, 0.05) is 11.8 Å². The number of ketones is 1. The van der Waals surface area contributed by atoms with Crippen molar-refractivity contribution < 1.29 is 94.3 Å². The molecule has 0 aromatic heterocycles. The minimum absolute atomic E-state index is 0. The maximum atomic E-state index is 9.40. The molecule has 0 fully saturated rings. The van der Waals surface area contributed by atoms with E-state index in [1.165, 1.54) is 6.92 Å². The van der Waals surface area contributed by atoms with Crippen molar-refractivity contribution >= 4 is 18.9 Å². The van der Waals surface area contributed by atoms with Gasteiger partial charge in [0.25, 0.3) is 0 Å². The van der Waals surface area contributed by atoms with Gasteiger partial charge in [0.05, 0.1) is 19.8 Å². The van der Waals surface area contributed by atoms with Crippen LogP contribution in [0.2, 0.25) is 0 Å². The summed E-state index contributed by atoms with van der Waals surface area (Å²) in [6.07, 6.45) is 3.21. The van der Waals surface area contributed by atoms with Crippen LogP contribution < -0.4 is 59.1 Å². The Kier molecular flexibility index (Phi) is 73.0. The summed E-state index contributed by atoms with van der Waals surface area (Å²) < 4.78 is 0. The fourth-order valence-electron chi connectivity index (χ4n) is 0.603. The fourth-order valence-corrected chi connectivity index (χ4v) is 0.603. The Hall–Kier alpha value is 0.720. The summed E-state index contributed by atoms with van der Waals surface area (Å²) in [6.45, 7) is 9.75. The standard InChI is InChI=1S/C6H14O3.C4H8O.C3H5O.CH2O.2Na.H2O/c1-2-6(3-7,4-8)5-9;1-2-3-4-5;1-3(2)4;1-2;;;/h7-9H,2-5H2,1H3;4H,2-3H2,1H3;1H2,2H3;1H2;;;1H2/q;;-1;;2*+1;/p-1. The predicted octanol–water partition coefficient (Wildman–Crippen LogP) is -5.60. The second-order valence-electron chi connectivity index (χ2n) is 3.99. The Labute approximate surface area is 184 Å². The van der Waals surface area contributed by atoms with Crippen molar-refractivity contribution in [3.63, 3.8) is 0 Å². The summed E-state index contributed by atoms with van der Waals surface area (Å²) >= 11 is 0. The molecule has 130 valence electrons. The molecule has 23 heavy (non-hydrogen) atoms. The zero-order valence-electron chi connectivity index (χ0n) is 15.2. The first kappa shape index (κ1) is 43.8. The van der Waals surface area contributed by atoms with E-state index in [0.717, 1.165) is 12.7 Å². The number of carbonyl (C=O) groups excluding carboxylic acids is 3. The third-order valence-corrected chi connectivity index (χ3v) is 2.16. The second-order valence-corrected chi connectivity index (χ2v) is 3.99. The smallest absolute Gasteiger partial charge is 0.870 e. The topological polar surface area (TPSA) is 142 Å². The molecule has 0 amide bonds. The van der Waals surface area contributed by atoms with Crippen LogP contribution >= 0.6 is 0 Å². The first-order valence-electron chi connectivity index (χ1n) is 6.27. The van der Waals surface area contributed by atoms with E-state index in [0.29, 0.717) is 12.8 Å². The normalized spacial score (nSPS) is 7.57. The molecule has 9 heteroatoms. The summed E-state index contributed by atoms with van der Waals surface area (Å²) in [5.74, 6) is -0.0833. The molecule has 0 rings (SSSR count). The summed E-state index contributed by atoms with van der Waals surface area (Å²) in [7, 11) is 0. The van der Waals surface area contributed by atoms with Crippen molar-refractivity contribution in [1.29, 1.82) is 0 Å². The molecule has 0 spiro atoms. The number of unbranched alkanes of at least 4 members (excludes halogenated alkanes) is 1. The Morgan fingerprint density at radius 1 is 1.09 bits per heavy atom. The molecule has 0 aromatic rings. The van der Waals surface area contributed by atoms with Gasteiger partial charge in [-0.05, 0) is 25.5 Å². The monoisotopic (exact) mass is 356 g/mol. The molecule has 7 nitrogen and oxygen atoms in total. The maximum Gasteiger partial charge on any atom is 1.00 e. The summed E-state index contributed by atoms with van der Waals surface area (Å²) in [5, 5.41) is 26.0. The van der Waals surface area contributed by atoms with Crippen molar-refractivity contribution in [2.75, 3.05) is 19.8 Å². The SMILES string of the molecule is C=O.CCC(CO)(CO)CO.CCCC=O.[CH2-]C(C)=O.[Na+].[Na+].[OH-]. The Morgan fingerprint density at radius 3 is 1.35 bits per heavy atom. The van der Waals surface area contributed by atoms with E-state index >= 15 is 0 Å². The molecule has 0 unspecified atom stereocenters. The third kappa shape index (κ3) is 45.0. The summed E-state index contributed by atoms with van der Waals surface area (Å²) in [5.41, 5.74) is -0.667.